The molecule has 5 heteroatoms. The Hall–Kier alpha value is 0.100. The van der Waals surface area contributed by atoms with Crippen LogP contribution in [0.4, 0.5) is 13.2 Å². The van der Waals surface area contributed by atoms with Crippen molar-refractivity contribution in [2.45, 2.75) is 12.2 Å². The van der Waals surface area contributed by atoms with E-state index in [0.29, 0.717) is 0 Å². The Bertz CT molecular complexity index is 82.4. The zero-order valence-corrected chi connectivity index (χ0v) is 5.72. The molecule has 0 aliphatic carbocycles. The van der Waals surface area contributed by atoms with Gasteiger partial charge in [0.15, 0.2) is 0 Å². The lowest BCUT2D eigenvalue weighted by molar-refractivity contribution is -0.142. The normalized spacial score (nSPS) is 15.7. The average Bonchev–Trinajstić information content (AvgIpc) is 1.64. The van der Waals surface area contributed by atoms with Gasteiger partial charge in [-0.1, -0.05) is 0 Å². The Balaban J connectivity index is 3.59. The van der Waals surface area contributed by atoms with Gasteiger partial charge in [0.1, 0.15) is 6.04 Å². The Morgan fingerprint density at radius 2 is 2.00 bits per heavy atom. The summed E-state index contributed by atoms with van der Waals surface area (Å²) in [6.45, 7) is 0. The summed E-state index contributed by atoms with van der Waals surface area (Å²) < 4.78 is 34.5. The van der Waals surface area contributed by atoms with Crippen LogP contribution in [0.5, 0.6) is 0 Å². The van der Waals surface area contributed by atoms with Crippen LogP contribution in [0.1, 0.15) is 0 Å². The predicted octanol–water partition coefficient (Wildman–Crippen LogP) is 1.24. The smallest absolute Gasteiger partial charge is 0.319 e. The minimum Gasteiger partial charge on any atom is -0.319 e. The maximum atomic E-state index is 11.5. The molecule has 0 aliphatic heterocycles. The van der Waals surface area contributed by atoms with Gasteiger partial charge in [0.05, 0.1) is 0 Å². The second-order valence-corrected chi connectivity index (χ2v) is 2.51. The first-order valence-corrected chi connectivity index (χ1v) is 3.69. The lowest BCUT2D eigenvalue weighted by Crippen LogP contribution is -2.39. The second-order valence-electron chi connectivity index (χ2n) is 1.60. The fourth-order valence-electron chi connectivity index (χ4n) is 0.274. The van der Waals surface area contributed by atoms with Crippen LogP contribution in [0, 0.1) is 0 Å². The SMILES string of the molecule is CSC[C@H](N)C(F)(F)F. The van der Waals surface area contributed by atoms with E-state index in [2.05, 4.69) is 0 Å². The average molecular weight is 159 g/mol. The van der Waals surface area contributed by atoms with Gasteiger partial charge in [-0.2, -0.15) is 24.9 Å². The minimum atomic E-state index is -4.23. The lowest BCUT2D eigenvalue weighted by Gasteiger charge is -2.12. The summed E-state index contributed by atoms with van der Waals surface area (Å²) in [5.74, 6) is -0.0660. The standard InChI is InChI=1S/C4H8F3NS/c1-9-2-3(8)4(5,6)7/h3H,2,8H2,1H3/t3-/m0/s1. The van der Waals surface area contributed by atoms with Crippen LogP contribution < -0.4 is 5.73 Å². The molecule has 0 aliphatic rings. The van der Waals surface area contributed by atoms with Crippen LogP contribution >= 0.6 is 11.8 Å². The van der Waals surface area contributed by atoms with E-state index in [1.165, 1.54) is 0 Å². The molecule has 0 aromatic rings. The molecular weight excluding hydrogens is 151 g/mol. The van der Waals surface area contributed by atoms with Crippen LogP contribution in [0.3, 0.4) is 0 Å². The Morgan fingerprint density at radius 3 is 2.11 bits per heavy atom. The van der Waals surface area contributed by atoms with Crippen molar-refractivity contribution in [3.05, 3.63) is 0 Å². The molecule has 0 heterocycles. The zero-order valence-electron chi connectivity index (χ0n) is 4.90. The van der Waals surface area contributed by atoms with E-state index in [-0.39, 0.29) is 5.75 Å². The predicted molar refractivity (Wildman–Crippen MR) is 32.4 cm³/mol. The molecule has 0 fully saturated rings. The Labute approximate surface area is 55.8 Å². The second kappa shape index (κ2) is 3.31. The molecule has 9 heavy (non-hydrogen) atoms. The molecule has 0 amide bonds. The van der Waals surface area contributed by atoms with Crippen LogP contribution in [0.15, 0.2) is 0 Å². The molecule has 56 valence electrons. The van der Waals surface area contributed by atoms with Crippen molar-refractivity contribution in [1.82, 2.24) is 0 Å². The molecule has 1 atom stereocenters. The third-order valence-corrected chi connectivity index (χ3v) is 1.46. The van der Waals surface area contributed by atoms with E-state index in [4.69, 9.17) is 5.73 Å². The van der Waals surface area contributed by atoms with E-state index in [1.54, 1.807) is 6.26 Å². The zero-order chi connectivity index (χ0) is 7.49. The van der Waals surface area contributed by atoms with Gasteiger partial charge >= 0.3 is 6.18 Å². The number of hydrogen-bond acceptors (Lipinski definition) is 2. The van der Waals surface area contributed by atoms with Crippen molar-refractivity contribution in [3.63, 3.8) is 0 Å². The quantitative estimate of drug-likeness (QED) is 0.656. The van der Waals surface area contributed by atoms with Crippen LogP contribution in [-0.4, -0.2) is 24.2 Å². The number of rotatable bonds is 2. The highest BCUT2D eigenvalue weighted by atomic mass is 32.2. The third kappa shape index (κ3) is 3.64. The summed E-state index contributed by atoms with van der Waals surface area (Å²) >= 11 is 1.09. The van der Waals surface area contributed by atoms with Crippen LogP contribution in [0.2, 0.25) is 0 Å². The van der Waals surface area contributed by atoms with Crippen LogP contribution in [0.25, 0.3) is 0 Å². The molecule has 0 aromatic heterocycles. The topological polar surface area (TPSA) is 26.0 Å². The van der Waals surface area contributed by atoms with Crippen molar-refractivity contribution in [2.24, 2.45) is 5.73 Å². The number of nitrogens with two attached hydrogens (primary N) is 1. The molecule has 0 saturated heterocycles. The first-order valence-electron chi connectivity index (χ1n) is 2.29. The largest absolute Gasteiger partial charge is 0.404 e. The number of alkyl halides is 3. The van der Waals surface area contributed by atoms with E-state index >= 15 is 0 Å². The molecule has 0 aromatic carbocycles. The molecule has 0 bridgehead atoms. The number of hydrogen-bond donors (Lipinski definition) is 1. The van der Waals surface area contributed by atoms with Gasteiger partial charge in [-0.3, -0.25) is 0 Å². The molecule has 1 nitrogen and oxygen atoms in total. The number of halogens is 3. The maximum absolute atomic E-state index is 11.5. The molecular formula is C4H8F3NS. The van der Waals surface area contributed by atoms with Gasteiger partial charge in [-0.05, 0) is 6.26 Å². The van der Waals surface area contributed by atoms with E-state index in [0.717, 1.165) is 11.8 Å². The lowest BCUT2D eigenvalue weighted by atomic mass is 10.4. The molecule has 0 radical (unpaired) electrons. The Kier molecular flexibility index (Phi) is 3.35. The summed E-state index contributed by atoms with van der Waals surface area (Å²) in [4.78, 5) is 0. The Morgan fingerprint density at radius 1 is 1.56 bits per heavy atom. The van der Waals surface area contributed by atoms with E-state index in [1.807, 2.05) is 0 Å². The monoisotopic (exact) mass is 159 g/mol. The number of thioether (sulfide) groups is 1. The fraction of sp³-hybridized carbons (Fsp3) is 1.00. The summed E-state index contributed by atoms with van der Waals surface area (Å²) in [7, 11) is 0. The van der Waals surface area contributed by atoms with E-state index < -0.39 is 12.2 Å². The maximum Gasteiger partial charge on any atom is 0.404 e. The summed E-state index contributed by atoms with van der Waals surface area (Å²) in [6.07, 6.45) is -2.64. The highest BCUT2D eigenvalue weighted by molar-refractivity contribution is 7.98. The highest BCUT2D eigenvalue weighted by Crippen LogP contribution is 2.20. The van der Waals surface area contributed by atoms with E-state index in [9.17, 15) is 13.2 Å². The van der Waals surface area contributed by atoms with Crippen molar-refractivity contribution in [2.75, 3.05) is 12.0 Å². The minimum absolute atomic E-state index is 0.0660. The van der Waals surface area contributed by atoms with Gasteiger partial charge in [-0.15, -0.1) is 0 Å². The third-order valence-electron chi connectivity index (χ3n) is 0.767. The van der Waals surface area contributed by atoms with Gasteiger partial charge in [0.2, 0.25) is 0 Å². The highest BCUT2D eigenvalue weighted by Gasteiger charge is 2.35. The van der Waals surface area contributed by atoms with Crippen molar-refractivity contribution in [3.8, 4) is 0 Å². The van der Waals surface area contributed by atoms with Gasteiger partial charge < -0.3 is 5.73 Å². The van der Waals surface area contributed by atoms with Gasteiger partial charge in [0, 0.05) is 5.75 Å². The van der Waals surface area contributed by atoms with Gasteiger partial charge in [0.25, 0.3) is 0 Å². The molecule has 0 spiro atoms. The summed E-state index contributed by atoms with van der Waals surface area (Å²) in [5.41, 5.74) is 4.72. The molecule has 2 N–H and O–H groups in total. The first-order chi connectivity index (χ1) is 3.98. The van der Waals surface area contributed by atoms with Crippen molar-refractivity contribution < 1.29 is 13.2 Å². The van der Waals surface area contributed by atoms with Crippen LogP contribution in [-0.2, 0) is 0 Å². The summed E-state index contributed by atoms with van der Waals surface area (Å²) in [5, 5.41) is 0. The van der Waals surface area contributed by atoms with Crippen molar-refractivity contribution >= 4 is 11.8 Å². The van der Waals surface area contributed by atoms with Gasteiger partial charge in [-0.25, -0.2) is 0 Å². The molecule has 0 rings (SSSR count). The fourth-order valence-corrected chi connectivity index (χ4v) is 0.822. The summed E-state index contributed by atoms with van der Waals surface area (Å²) in [6, 6.07) is -1.67. The molecule has 0 saturated carbocycles. The first kappa shape index (κ1) is 9.10. The molecule has 0 unspecified atom stereocenters. The van der Waals surface area contributed by atoms with Crippen molar-refractivity contribution in [1.29, 1.82) is 0 Å².